The number of benzene rings is 1. The molecular weight excluding hydrogens is 547 g/mol. The molecule has 0 bridgehead atoms. The molecule has 1 fully saturated rings. The largest absolute Gasteiger partial charge is 0.493 e. The van der Waals surface area contributed by atoms with Crippen molar-refractivity contribution in [3.63, 3.8) is 0 Å². The summed E-state index contributed by atoms with van der Waals surface area (Å²) in [5, 5.41) is 15.9. The molecular formula is C30H32ClFN6O3. The molecule has 1 aromatic carbocycles. The number of aromatic hydroxyl groups is 1. The molecule has 0 spiro atoms. The first kappa shape index (κ1) is 28.5. The van der Waals surface area contributed by atoms with Gasteiger partial charge >= 0.3 is 0 Å². The van der Waals surface area contributed by atoms with Gasteiger partial charge in [0.15, 0.2) is 11.4 Å². The monoisotopic (exact) mass is 578 g/mol. The van der Waals surface area contributed by atoms with E-state index in [0.29, 0.717) is 30.6 Å². The van der Waals surface area contributed by atoms with Crippen molar-refractivity contribution in [3.05, 3.63) is 86.3 Å². The van der Waals surface area contributed by atoms with E-state index in [0.717, 1.165) is 11.1 Å². The summed E-state index contributed by atoms with van der Waals surface area (Å²) < 4.78 is 17.7. The molecule has 11 heteroatoms. The molecule has 1 N–H and O–H groups in total. The minimum Gasteiger partial charge on any atom is -0.493 e. The number of aryl methyl sites for hydroxylation is 2. The van der Waals surface area contributed by atoms with Crippen molar-refractivity contribution in [2.24, 2.45) is 0 Å². The lowest BCUT2D eigenvalue weighted by Crippen LogP contribution is -2.36. The highest BCUT2D eigenvalue weighted by atomic mass is 35.5. The molecule has 3 aromatic heterocycles. The summed E-state index contributed by atoms with van der Waals surface area (Å²) in [6.07, 6.45) is 4.87. The third-order valence-electron chi connectivity index (χ3n) is 7.53. The Hall–Kier alpha value is -4.05. The highest BCUT2D eigenvalue weighted by molar-refractivity contribution is 6.30. The van der Waals surface area contributed by atoms with Gasteiger partial charge in [-0.25, -0.2) is 4.39 Å². The lowest BCUT2D eigenvalue weighted by Gasteiger charge is -2.21. The molecule has 1 unspecified atom stereocenters. The molecule has 41 heavy (non-hydrogen) atoms. The number of carbonyl (C=O) groups is 1. The van der Waals surface area contributed by atoms with Gasteiger partial charge in [0.25, 0.3) is 11.5 Å². The topological polar surface area (TPSA) is 106 Å². The van der Waals surface area contributed by atoms with E-state index in [-0.39, 0.29) is 41.6 Å². The van der Waals surface area contributed by atoms with Gasteiger partial charge in [0.05, 0.1) is 16.4 Å². The second kappa shape index (κ2) is 11.4. The number of hydrogen-bond acceptors (Lipinski definition) is 6. The Labute approximate surface area is 242 Å². The smallest absolute Gasteiger partial charge is 0.275 e. The van der Waals surface area contributed by atoms with Gasteiger partial charge < -0.3 is 10.0 Å². The first-order valence-corrected chi connectivity index (χ1v) is 14.1. The van der Waals surface area contributed by atoms with Crippen molar-refractivity contribution in [2.75, 3.05) is 13.1 Å². The maximum absolute atomic E-state index is 14.6. The number of rotatable bonds is 7. The van der Waals surface area contributed by atoms with Crippen LogP contribution in [0.4, 0.5) is 4.39 Å². The number of amides is 1. The Morgan fingerprint density at radius 2 is 1.90 bits per heavy atom. The van der Waals surface area contributed by atoms with Crippen LogP contribution >= 0.6 is 11.6 Å². The number of para-hydroxylation sites is 1. The summed E-state index contributed by atoms with van der Waals surface area (Å²) in [6, 6.07) is 8.80. The fourth-order valence-electron chi connectivity index (χ4n) is 5.38. The van der Waals surface area contributed by atoms with Gasteiger partial charge in [0, 0.05) is 37.4 Å². The van der Waals surface area contributed by atoms with Crippen LogP contribution in [0.5, 0.6) is 5.88 Å². The van der Waals surface area contributed by atoms with Gasteiger partial charge in [-0.3, -0.25) is 23.8 Å². The molecule has 1 atom stereocenters. The zero-order valence-electron chi connectivity index (χ0n) is 23.4. The van der Waals surface area contributed by atoms with Crippen LogP contribution in [0.2, 0.25) is 5.02 Å². The standard InChI is InChI=1S/C30H32ClFN6O3/c1-5-18-8-7-9-19(6-2)26(18)38-27(23-11-13-37(35-23)17(3)4)34-28(39)24(30(38)41)29(40)36-12-10-20(16-36)25-22(32)14-21(31)15-33-25/h7-9,11,13-15,17,20,39H,5-6,10,12,16H2,1-4H3. The number of pyridine rings is 1. The molecule has 0 aliphatic carbocycles. The second-order valence-electron chi connectivity index (χ2n) is 10.4. The van der Waals surface area contributed by atoms with Crippen LogP contribution in [-0.2, 0) is 12.8 Å². The molecule has 4 aromatic rings. The maximum Gasteiger partial charge on any atom is 0.275 e. The molecule has 1 aliphatic heterocycles. The van der Waals surface area contributed by atoms with Crippen molar-refractivity contribution in [3.8, 4) is 23.1 Å². The maximum atomic E-state index is 14.6. The summed E-state index contributed by atoms with van der Waals surface area (Å²) in [7, 11) is 0. The number of likely N-dealkylation sites (tertiary alicyclic amines) is 1. The van der Waals surface area contributed by atoms with E-state index < -0.39 is 28.7 Å². The van der Waals surface area contributed by atoms with E-state index in [1.807, 2.05) is 45.9 Å². The number of nitrogens with zero attached hydrogens (tertiary/aromatic N) is 6. The van der Waals surface area contributed by atoms with Gasteiger partial charge in [-0.05, 0) is 56.4 Å². The van der Waals surface area contributed by atoms with Crippen molar-refractivity contribution < 1.29 is 14.3 Å². The average molecular weight is 579 g/mol. The van der Waals surface area contributed by atoms with E-state index in [9.17, 15) is 19.1 Å². The Morgan fingerprint density at radius 1 is 1.20 bits per heavy atom. The van der Waals surface area contributed by atoms with Crippen LogP contribution in [-0.4, -0.2) is 53.3 Å². The molecule has 214 valence electrons. The van der Waals surface area contributed by atoms with Gasteiger partial charge in [0.1, 0.15) is 11.5 Å². The Bertz CT molecular complexity index is 1660. The first-order valence-electron chi connectivity index (χ1n) is 13.8. The zero-order valence-corrected chi connectivity index (χ0v) is 24.2. The lowest BCUT2D eigenvalue weighted by atomic mass is 10.0. The second-order valence-corrected chi connectivity index (χ2v) is 10.9. The van der Waals surface area contributed by atoms with Crippen molar-refractivity contribution in [1.29, 1.82) is 0 Å². The molecule has 4 heterocycles. The Balaban J connectivity index is 1.64. The van der Waals surface area contributed by atoms with Crippen LogP contribution in [0.1, 0.15) is 73.3 Å². The van der Waals surface area contributed by atoms with Gasteiger partial charge in [-0.15, -0.1) is 0 Å². The molecule has 1 amide bonds. The molecule has 1 saturated heterocycles. The van der Waals surface area contributed by atoms with Crippen LogP contribution in [0.3, 0.4) is 0 Å². The number of aromatic nitrogens is 5. The molecule has 5 rings (SSSR count). The van der Waals surface area contributed by atoms with Gasteiger partial charge in [-0.1, -0.05) is 43.6 Å². The van der Waals surface area contributed by atoms with E-state index >= 15 is 0 Å². The summed E-state index contributed by atoms with van der Waals surface area (Å²) in [5.74, 6) is -2.11. The predicted octanol–water partition coefficient (Wildman–Crippen LogP) is 5.32. The fourth-order valence-corrected chi connectivity index (χ4v) is 5.52. The van der Waals surface area contributed by atoms with E-state index in [2.05, 4.69) is 15.1 Å². The van der Waals surface area contributed by atoms with Gasteiger partial charge in [0.2, 0.25) is 5.88 Å². The van der Waals surface area contributed by atoms with Crippen LogP contribution in [0, 0.1) is 5.82 Å². The minimum absolute atomic E-state index is 0.0654. The van der Waals surface area contributed by atoms with Crippen molar-refractivity contribution in [1.82, 2.24) is 29.2 Å². The Morgan fingerprint density at radius 3 is 2.51 bits per heavy atom. The van der Waals surface area contributed by atoms with E-state index in [1.165, 1.54) is 21.7 Å². The summed E-state index contributed by atoms with van der Waals surface area (Å²) in [4.78, 5) is 38.1. The number of hydrogen-bond donors (Lipinski definition) is 1. The predicted molar refractivity (Wildman–Crippen MR) is 154 cm³/mol. The normalized spacial score (nSPS) is 15.2. The SMILES string of the molecule is CCc1cccc(CC)c1-n1c(-c2ccn(C(C)C)n2)nc(O)c(C(=O)N2CCC(c3ncc(Cl)cc3F)C2)c1=O. The quantitative estimate of drug-likeness (QED) is 0.318. The average Bonchev–Trinajstić information content (AvgIpc) is 3.63. The summed E-state index contributed by atoms with van der Waals surface area (Å²) in [6.45, 7) is 8.34. The lowest BCUT2D eigenvalue weighted by molar-refractivity contribution is 0.0784. The summed E-state index contributed by atoms with van der Waals surface area (Å²) >= 11 is 5.86. The van der Waals surface area contributed by atoms with Crippen molar-refractivity contribution in [2.45, 2.75) is 58.9 Å². The molecule has 0 saturated carbocycles. The number of carbonyl (C=O) groups excluding carboxylic acids is 1. The van der Waals surface area contributed by atoms with Crippen LogP contribution in [0.15, 0.2) is 47.5 Å². The minimum atomic E-state index is -0.688. The van der Waals surface area contributed by atoms with Crippen LogP contribution in [0.25, 0.3) is 17.2 Å². The highest BCUT2D eigenvalue weighted by Gasteiger charge is 2.35. The summed E-state index contributed by atoms with van der Waals surface area (Å²) in [5.41, 5.74) is 1.90. The van der Waals surface area contributed by atoms with E-state index in [1.54, 1.807) is 16.9 Å². The highest BCUT2D eigenvalue weighted by Crippen LogP contribution is 2.32. The molecule has 9 nitrogen and oxygen atoms in total. The van der Waals surface area contributed by atoms with E-state index in [4.69, 9.17) is 11.6 Å². The fraction of sp³-hybridized carbons (Fsp3) is 0.367. The van der Waals surface area contributed by atoms with Crippen LogP contribution < -0.4 is 5.56 Å². The third kappa shape index (κ3) is 5.24. The molecule has 0 radical (unpaired) electrons. The number of halogens is 2. The Kier molecular flexibility index (Phi) is 7.95. The zero-order chi connectivity index (χ0) is 29.4. The third-order valence-corrected chi connectivity index (χ3v) is 7.74. The first-order chi connectivity index (χ1) is 19.6. The molecule has 1 aliphatic rings. The van der Waals surface area contributed by atoms with Crippen molar-refractivity contribution >= 4 is 17.5 Å². The van der Waals surface area contributed by atoms with Gasteiger partial charge in [-0.2, -0.15) is 10.1 Å².